The molecule has 0 unspecified atom stereocenters. The van der Waals surface area contributed by atoms with Gasteiger partial charge in [0.1, 0.15) is 0 Å². The molecule has 1 N–H and O–H groups in total. The van der Waals surface area contributed by atoms with Crippen LogP contribution in [0.3, 0.4) is 0 Å². The maximum Gasteiger partial charge on any atom is 0.0808 e. The predicted octanol–water partition coefficient (Wildman–Crippen LogP) is -0.231. The Kier molecular flexibility index (Phi) is 3.05. The number of nitrogens with one attached hydrogen (secondary N) is 1. The van der Waals surface area contributed by atoms with Crippen LogP contribution < -0.4 is 4.90 Å². The highest BCUT2D eigenvalue weighted by atomic mass is 15.0. The largest absolute Gasteiger partial charge is 0.340 e. The molecule has 0 fully saturated rings. The highest BCUT2D eigenvalue weighted by Crippen LogP contribution is 1.93. The van der Waals surface area contributed by atoms with E-state index in [1.165, 1.54) is 17.0 Å². The molecule has 1 aromatic heterocycles. The molecule has 0 spiro atoms. The van der Waals surface area contributed by atoms with E-state index in [1.54, 1.807) is 0 Å². The van der Waals surface area contributed by atoms with Crippen molar-refractivity contribution in [3.63, 3.8) is 0 Å². The number of quaternary nitrogens is 1. The Morgan fingerprint density at radius 2 is 2.27 bits per heavy atom. The molecule has 0 bridgehead atoms. The summed E-state index contributed by atoms with van der Waals surface area (Å²) in [4.78, 5) is 5.53. The molecule has 2 nitrogen and oxygen atoms in total. The standard InChI is InChI=1S/C9H14N2/c1-11(2)7-5-9-4-3-6-10-8-9/h3-4,6,8H,5,7H2,1-2H3/p+1. The van der Waals surface area contributed by atoms with Crippen molar-refractivity contribution in [2.45, 2.75) is 6.42 Å². The smallest absolute Gasteiger partial charge is 0.0808 e. The molecular formula is C9H15N2+. The van der Waals surface area contributed by atoms with Gasteiger partial charge in [-0.2, -0.15) is 0 Å². The van der Waals surface area contributed by atoms with Gasteiger partial charge in [-0.3, -0.25) is 4.98 Å². The summed E-state index contributed by atoms with van der Waals surface area (Å²) >= 11 is 0. The van der Waals surface area contributed by atoms with Gasteiger partial charge in [-0.15, -0.1) is 0 Å². The number of pyridine rings is 1. The first kappa shape index (κ1) is 8.21. The Bertz CT molecular complexity index is 194. The lowest BCUT2D eigenvalue weighted by molar-refractivity contribution is -0.858. The molecule has 0 atom stereocenters. The minimum Gasteiger partial charge on any atom is -0.340 e. The van der Waals surface area contributed by atoms with E-state index < -0.39 is 0 Å². The molecule has 0 saturated carbocycles. The van der Waals surface area contributed by atoms with Crippen molar-refractivity contribution >= 4 is 0 Å². The average Bonchev–Trinajstić information content (AvgIpc) is 2.03. The van der Waals surface area contributed by atoms with Crippen LogP contribution in [-0.4, -0.2) is 25.6 Å². The van der Waals surface area contributed by atoms with Gasteiger partial charge >= 0.3 is 0 Å². The van der Waals surface area contributed by atoms with Crippen LogP contribution in [0.15, 0.2) is 24.5 Å². The topological polar surface area (TPSA) is 17.3 Å². The normalized spacial score (nSPS) is 10.5. The van der Waals surface area contributed by atoms with Crippen LogP contribution in [-0.2, 0) is 6.42 Å². The average molecular weight is 151 g/mol. The van der Waals surface area contributed by atoms with Gasteiger partial charge in [0.25, 0.3) is 0 Å². The Morgan fingerprint density at radius 1 is 1.45 bits per heavy atom. The zero-order valence-electron chi connectivity index (χ0n) is 7.17. The van der Waals surface area contributed by atoms with Gasteiger partial charge in [-0.25, -0.2) is 0 Å². The van der Waals surface area contributed by atoms with Crippen molar-refractivity contribution < 1.29 is 4.90 Å². The van der Waals surface area contributed by atoms with Crippen molar-refractivity contribution in [2.75, 3.05) is 20.6 Å². The summed E-state index contributed by atoms with van der Waals surface area (Å²) in [6.45, 7) is 1.17. The van der Waals surface area contributed by atoms with Crippen LogP contribution in [0, 0.1) is 0 Å². The summed E-state index contributed by atoms with van der Waals surface area (Å²) in [5.41, 5.74) is 1.33. The van der Waals surface area contributed by atoms with E-state index in [9.17, 15) is 0 Å². The van der Waals surface area contributed by atoms with Crippen LogP contribution in [0.1, 0.15) is 5.56 Å². The van der Waals surface area contributed by atoms with Crippen LogP contribution >= 0.6 is 0 Å². The third-order valence-electron chi connectivity index (χ3n) is 1.64. The number of nitrogens with zero attached hydrogens (tertiary/aromatic N) is 1. The van der Waals surface area contributed by atoms with Gasteiger partial charge in [0, 0.05) is 18.8 Å². The van der Waals surface area contributed by atoms with E-state index in [1.807, 2.05) is 18.5 Å². The first-order valence-electron chi connectivity index (χ1n) is 3.97. The van der Waals surface area contributed by atoms with Gasteiger partial charge in [-0.05, 0) is 11.6 Å². The second-order valence-corrected chi connectivity index (χ2v) is 3.07. The van der Waals surface area contributed by atoms with E-state index in [-0.39, 0.29) is 0 Å². The third kappa shape index (κ3) is 3.14. The lowest BCUT2D eigenvalue weighted by Crippen LogP contribution is -3.05. The fourth-order valence-electron chi connectivity index (χ4n) is 0.940. The number of likely N-dealkylation sites (N-methyl/N-ethyl adjacent to an activating group) is 1. The van der Waals surface area contributed by atoms with Gasteiger partial charge in [-0.1, -0.05) is 6.07 Å². The molecule has 1 rings (SSSR count). The lowest BCUT2D eigenvalue weighted by atomic mass is 10.2. The SMILES string of the molecule is C[NH+](C)CCc1cccnc1. The Hall–Kier alpha value is -0.890. The molecule has 0 saturated heterocycles. The maximum absolute atomic E-state index is 4.05. The summed E-state index contributed by atoms with van der Waals surface area (Å²) in [5.74, 6) is 0. The number of rotatable bonds is 3. The van der Waals surface area contributed by atoms with Gasteiger partial charge in [0.05, 0.1) is 20.6 Å². The summed E-state index contributed by atoms with van der Waals surface area (Å²) in [5, 5.41) is 0. The molecule has 0 aliphatic rings. The summed E-state index contributed by atoms with van der Waals surface area (Å²) < 4.78 is 0. The molecular weight excluding hydrogens is 136 g/mol. The van der Waals surface area contributed by atoms with Crippen molar-refractivity contribution in [1.29, 1.82) is 0 Å². The first-order valence-corrected chi connectivity index (χ1v) is 3.97. The maximum atomic E-state index is 4.05. The minimum absolute atomic E-state index is 1.12. The first-order chi connectivity index (χ1) is 5.29. The summed E-state index contributed by atoms with van der Waals surface area (Å²) in [7, 11) is 4.33. The van der Waals surface area contributed by atoms with E-state index >= 15 is 0 Å². The number of hydrogen-bond acceptors (Lipinski definition) is 1. The summed E-state index contributed by atoms with van der Waals surface area (Å²) in [6.07, 6.45) is 4.87. The molecule has 0 aliphatic carbocycles. The molecule has 0 aromatic carbocycles. The fraction of sp³-hybridized carbons (Fsp3) is 0.444. The monoisotopic (exact) mass is 151 g/mol. The quantitative estimate of drug-likeness (QED) is 0.631. The second-order valence-electron chi connectivity index (χ2n) is 3.07. The van der Waals surface area contributed by atoms with E-state index in [2.05, 4.69) is 25.1 Å². The highest BCUT2D eigenvalue weighted by Gasteiger charge is 1.94. The van der Waals surface area contributed by atoms with E-state index in [4.69, 9.17) is 0 Å². The zero-order valence-corrected chi connectivity index (χ0v) is 7.17. The van der Waals surface area contributed by atoms with Crippen LogP contribution in [0.2, 0.25) is 0 Å². The van der Waals surface area contributed by atoms with Crippen LogP contribution in [0.25, 0.3) is 0 Å². The third-order valence-corrected chi connectivity index (χ3v) is 1.64. The molecule has 0 aliphatic heterocycles. The summed E-state index contributed by atoms with van der Waals surface area (Å²) in [6, 6.07) is 4.11. The predicted molar refractivity (Wildman–Crippen MR) is 45.6 cm³/mol. The Labute approximate surface area is 67.9 Å². The van der Waals surface area contributed by atoms with Crippen molar-refractivity contribution in [1.82, 2.24) is 4.98 Å². The van der Waals surface area contributed by atoms with Gasteiger partial charge in [0.2, 0.25) is 0 Å². The number of aromatic nitrogens is 1. The lowest BCUT2D eigenvalue weighted by Gasteiger charge is -2.05. The molecule has 1 heterocycles. The van der Waals surface area contributed by atoms with E-state index in [0.29, 0.717) is 0 Å². The number of hydrogen-bond donors (Lipinski definition) is 1. The molecule has 11 heavy (non-hydrogen) atoms. The molecule has 1 aromatic rings. The van der Waals surface area contributed by atoms with Crippen LogP contribution in [0.5, 0.6) is 0 Å². The zero-order chi connectivity index (χ0) is 8.10. The minimum atomic E-state index is 1.12. The Balaban J connectivity index is 2.39. The van der Waals surface area contributed by atoms with Crippen LogP contribution in [0.4, 0.5) is 0 Å². The van der Waals surface area contributed by atoms with Crippen molar-refractivity contribution in [3.8, 4) is 0 Å². The second kappa shape index (κ2) is 4.09. The molecule has 60 valence electrons. The van der Waals surface area contributed by atoms with E-state index in [0.717, 1.165) is 6.42 Å². The molecule has 0 amide bonds. The molecule has 2 heteroatoms. The fourth-order valence-corrected chi connectivity index (χ4v) is 0.940. The molecule has 0 radical (unpaired) electrons. The van der Waals surface area contributed by atoms with Gasteiger partial charge < -0.3 is 4.90 Å². The highest BCUT2D eigenvalue weighted by molar-refractivity contribution is 5.08. The van der Waals surface area contributed by atoms with Crippen molar-refractivity contribution in [3.05, 3.63) is 30.1 Å². The van der Waals surface area contributed by atoms with Gasteiger partial charge in [0.15, 0.2) is 0 Å². The Morgan fingerprint density at radius 3 is 2.82 bits per heavy atom. The van der Waals surface area contributed by atoms with Crippen molar-refractivity contribution in [2.24, 2.45) is 0 Å².